The van der Waals surface area contributed by atoms with Gasteiger partial charge < -0.3 is 5.11 Å². The Hall–Kier alpha value is -1.35. The summed E-state index contributed by atoms with van der Waals surface area (Å²) in [7, 11) is 0. The molecule has 3 rings (SSSR count). The van der Waals surface area contributed by atoms with E-state index in [9.17, 15) is 9.90 Å². The van der Waals surface area contributed by atoms with Crippen LogP contribution in [-0.4, -0.2) is 35.1 Å². The van der Waals surface area contributed by atoms with E-state index in [4.69, 9.17) is 0 Å². The van der Waals surface area contributed by atoms with E-state index in [0.29, 0.717) is 6.04 Å². The van der Waals surface area contributed by atoms with Crippen molar-refractivity contribution in [3.05, 3.63) is 35.4 Å². The Labute approximate surface area is 114 Å². The molecule has 1 N–H and O–H groups in total. The molecule has 1 fully saturated rings. The first-order chi connectivity index (χ1) is 9.15. The highest BCUT2D eigenvalue weighted by atomic mass is 16.4. The molecule has 0 saturated carbocycles. The summed E-state index contributed by atoms with van der Waals surface area (Å²) in [5, 5.41) is 9.23. The molecule has 0 spiro atoms. The van der Waals surface area contributed by atoms with E-state index in [2.05, 4.69) is 36.1 Å². The smallest absolute Gasteiger partial charge is 0.308 e. The van der Waals surface area contributed by atoms with Crippen molar-refractivity contribution in [1.82, 2.24) is 4.90 Å². The van der Waals surface area contributed by atoms with E-state index in [0.717, 1.165) is 32.4 Å². The van der Waals surface area contributed by atoms with Crippen LogP contribution in [0.5, 0.6) is 0 Å². The Morgan fingerprint density at radius 2 is 2.00 bits per heavy atom. The van der Waals surface area contributed by atoms with Crippen LogP contribution >= 0.6 is 0 Å². The van der Waals surface area contributed by atoms with Crippen LogP contribution in [0.15, 0.2) is 24.3 Å². The number of carbonyl (C=O) groups is 1. The molecular weight excluding hydrogens is 238 g/mol. The van der Waals surface area contributed by atoms with E-state index < -0.39 is 5.97 Å². The van der Waals surface area contributed by atoms with Crippen molar-refractivity contribution in [3.63, 3.8) is 0 Å². The minimum atomic E-state index is -0.633. The summed E-state index contributed by atoms with van der Waals surface area (Å²) in [5.41, 5.74) is 2.92. The van der Waals surface area contributed by atoms with Crippen molar-refractivity contribution >= 4 is 5.97 Å². The molecule has 19 heavy (non-hydrogen) atoms. The molecule has 0 aromatic heterocycles. The van der Waals surface area contributed by atoms with Gasteiger partial charge in [-0.2, -0.15) is 0 Å². The van der Waals surface area contributed by atoms with Crippen LogP contribution < -0.4 is 0 Å². The lowest BCUT2D eigenvalue weighted by atomic mass is 9.87. The summed E-state index contributed by atoms with van der Waals surface area (Å²) >= 11 is 0. The highest BCUT2D eigenvalue weighted by Crippen LogP contribution is 2.30. The number of fused-ring (bicyclic) bond motifs is 1. The van der Waals surface area contributed by atoms with E-state index in [-0.39, 0.29) is 11.8 Å². The highest BCUT2D eigenvalue weighted by molar-refractivity contribution is 5.71. The molecule has 1 aliphatic carbocycles. The minimum absolute atomic E-state index is 0.183. The standard InChI is InChI=1S/C16H21NO2/c1-11-9-17(10-15(11)16(18)19)14-7-6-12-4-2-3-5-13(12)8-14/h2-5,11,14-15H,6-10H2,1H3,(H,18,19)/t11-,14?,15-/m1/s1. The second-order valence-corrected chi connectivity index (χ2v) is 6.04. The largest absolute Gasteiger partial charge is 0.481 e. The quantitative estimate of drug-likeness (QED) is 0.885. The summed E-state index contributed by atoms with van der Waals surface area (Å²) in [4.78, 5) is 13.6. The average molecular weight is 259 g/mol. The number of rotatable bonds is 2. The maximum absolute atomic E-state index is 11.2. The number of carboxylic acids is 1. The number of nitrogens with zero attached hydrogens (tertiary/aromatic N) is 1. The lowest BCUT2D eigenvalue weighted by Gasteiger charge is -2.32. The maximum atomic E-state index is 11.2. The Morgan fingerprint density at radius 1 is 1.26 bits per heavy atom. The number of benzene rings is 1. The van der Waals surface area contributed by atoms with Crippen molar-refractivity contribution in [1.29, 1.82) is 0 Å². The number of hydrogen-bond acceptors (Lipinski definition) is 2. The molecule has 2 aliphatic rings. The molecule has 0 radical (unpaired) electrons. The molecule has 1 aromatic carbocycles. The molecule has 3 nitrogen and oxygen atoms in total. The van der Waals surface area contributed by atoms with Crippen LogP contribution in [0.25, 0.3) is 0 Å². The fourth-order valence-electron chi connectivity index (χ4n) is 3.61. The van der Waals surface area contributed by atoms with Crippen molar-refractivity contribution in [2.45, 2.75) is 32.2 Å². The number of aryl methyl sites for hydroxylation is 1. The zero-order valence-corrected chi connectivity index (χ0v) is 11.4. The van der Waals surface area contributed by atoms with Gasteiger partial charge in [-0.1, -0.05) is 31.2 Å². The Bertz CT molecular complexity index is 485. The van der Waals surface area contributed by atoms with Gasteiger partial charge in [0.15, 0.2) is 0 Å². The van der Waals surface area contributed by atoms with Gasteiger partial charge in [0.05, 0.1) is 5.92 Å². The third-order valence-corrected chi connectivity index (χ3v) is 4.80. The van der Waals surface area contributed by atoms with Crippen molar-refractivity contribution < 1.29 is 9.90 Å². The first-order valence-corrected chi connectivity index (χ1v) is 7.19. The van der Waals surface area contributed by atoms with Crippen molar-refractivity contribution in [2.75, 3.05) is 13.1 Å². The Morgan fingerprint density at radius 3 is 2.68 bits per heavy atom. The fourth-order valence-corrected chi connectivity index (χ4v) is 3.61. The molecule has 3 heteroatoms. The van der Waals surface area contributed by atoms with Gasteiger partial charge in [0.25, 0.3) is 0 Å². The average Bonchev–Trinajstić information content (AvgIpc) is 2.80. The molecular formula is C16H21NO2. The minimum Gasteiger partial charge on any atom is -0.481 e. The van der Waals surface area contributed by atoms with Crippen LogP contribution in [0.1, 0.15) is 24.5 Å². The molecule has 0 amide bonds. The molecule has 1 aromatic rings. The lowest BCUT2D eigenvalue weighted by Crippen LogP contribution is -2.38. The van der Waals surface area contributed by atoms with E-state index in [1.165, 1.54) is 11.1 Å². The van der Waals surface area contributed by atoms with Gasteiger partial charge >= 0.3 is 5.97 Å². The van der Waals surface area contributed by atoms with Crippen LogP contribution in [0.4, 0.5) is 0 Å². The monoisotopic (exact) mass is 259 g/mol. The van der Waals surface area contributed by atoms with Gasteiger partial charge in [0.1, 0.15) is 0 Å². The zero-order valence-electron chi connectivity index (χ0n) is 11.4. The third-order valence-electron chi connectivity index (χ3n) is 4.80. The van der Waals surface area contributed by atoms with Gasteiger partial charge in [-0.15, -0.1) is 0 Å². The van der Waals surface area contributed by atoms with Crippen molar-refractivity contribution in [2.24, 2.45) is 11.8 Å². The number of hydrogen-bond donors (Lipinski definition) is 1. The topological polar surface area (TPSA) is 40.5 Å². The van der Waals surface area contributed by atoms with Gasteiger partial charge in [-0.25, -0.2) is 0 Å². The first kappa shape index (κ1) is 12.7. The molecule has 0 bridgehead atoms. The summed E-state index contributed by atoms with van der Waals surface area (Å²) in [6.45, 7) is 3.72. The van der Waals surface area contributed by atoms with Crippen LogP contribution in [0, 0.1) is 11.8 Å². The van der Waals surface area contributed by atoms with Gasteiger partial charge in [-0.3, -0.25) is 9.69 Å². The molecule has 102 valence electrons. The molecule has 1 saturated heterocycles. The number of likely N-dealkylation sites (tertiary alicyclic amines) is 1. The van der Waals surface area contributed by atoms with E-state index in [1.54, 1.807) is 0 Å². The molecule has 1 unspecified atom stereocenters. The Balaban J connectivity index is 1.71. The predicted molar refractivity (Wildman–Crippen MR) is 74.1 cm³/mol. The summed E-state index contributed by atoms with van der Waals surface area (Å²) < 4.78 is 0. The van der Waals surface area contributed by atoms with E-state index >= 15 is 0 Å². The summed E-state index contributed by atoms with van der Waals surface area (Å²) in [5.74, 6) is -0.543. The van der Waals surface area contributed by atoms with Crippen LogP contribution in [-0.2, 0) is 17.6 Å². The Kier molecular flexibility index (Phi) is 3.31. The maximum Gasteiger partial charge on any atom is 0.308 e. The van der Waals surface area contributed by atoms with Gasteiger partial charge in [0.2, 0.25) is 0 Å². The highest BCUT2D eigenvalue weighted by Gasteiger charge is 2.38. The summed E-state index contributed by atoms with van der Waals surface area (Å²) in [6, 6.07) is 9.18. The number of aliphatic carboxylic acids is 1. The van der Waals surface area contributed by atoms with E-state index in [1.807, 2.05) is 0 Å². The predicted octanol–water partition coefficient (Wildman–Crippen LogP) is 2.20. The molecule has 3 atom stereocenters. The lowest BCUT2D eigenvalue weighted by molar-refractivity contribution is -0.142. The van der Waals surface area contributed by atoms with Gasteiger partial charge in [-0.05, 0) is 36.3 Å². The molecule has 1 heterocycles. The third kappa shape index (κ3) is 2.39. The van der Waals surface area contributed by atoms with Crippen LogP contribution in [0.3, 0.4) is 0 Å². The molecule has 1 aliphatic heterocycles. The second-order valence-electron chi connectivity index (χ2n) is 6.04. The normalized spacial score (nSPS) is 31.1. The zero-order chi connectivity index (χ0) is 13.4. The van der Waals surface area contributed by atoms with Crippen molar-refractivity contribution in [3.8, 4) is 0 Å². The fraction of sp³-hybridized carbons (Fsp3) is 0.562. The van der Waals surface area contributed by atoms with Crippen LogP contribution in [0.2, 0.25) is 0 Å². The number of carboxylic acid groups (broad SMARTS) is 1. The first-order valence-electron chi connectivity index (χ1n) is 7.19. The summed E-state index contributed by atoms with van der Waals surface area (Å²) in [6.07, 6.45) is 3.37. The second kappa shape index (κ2) is 4.97. The SMILES string of the molecule is C[C@@H]1CN(C2CCc3ccccc3C2)C[C@H]1C(=O)O. The van der Waals surface area contributed by atoms with Gasteiger partial charge in [0, 0.05) is 19.1 Å².